The average Bonchev–Trinajstić information content (AvgIpc) is 2.38. The van der Waals surface area contributed by atoms with Gasteiger partial charge in [0.05, 0.1) is 10.5 Å². The number of carboxylic acid groups (broad SMARTS) is 1. The lowest BCUT2D eigenvalue weighted by atomic mass is 10.2. The highest BCUT2D eigenvalue weighted by Gasteiger charge is 2.31. The topological polar surface area (TPSA) is 74.7 Å². The number of carbonyl (C=O) groups is 1. The molecule has 1 aromatic carbocycles. The number of benzene rings is 1. The van der Waals surface area contributed by atoms with Gasteiger partial charge < -0.3 is 5.11 Å². The minimum absolute atomic E-state index is 0.0249. The lowest BCUT2D eigenvalue weighted by Gasteiger charge is -2.32. The third kappa shape index (κ3) is 3.03. The van der Waals surface area contributed by atoms with Crippen LogP contribution in [0, 0.1) is 0 Å². The van der Waals surface area contributed by atoms with Crippen LogP contribution in [0.3, 0.4) is 0 Å². The summed E-state index contributed by atoms with van der Waals surface area (Å²) < 4.78 is 27.0. The molecule has 1 aliphatic heterocycles. The molecule has 1 unspecified atom stereocenters. The maximum Gasteiger partial charge on any atom is 0.336 e. The van der Waals surface area contributed by atoms with E-state index in [-0.39, 0.29) is 16.5 Å². The molecule has 0 saturated carbocycles. The molecule has 0 spiro atoms. The number of sulfonamides is 1. The van der Waals surface area contributed by atoms with Gasteiger partial charge in [-0.05, 0) is 41.1 Å². The first-order chi connectivity index (χ1) is 9.34. The summed E-state index contributed by atoms with van der Waals surface area (Å²) in [5.74, 6) is 0.351. The van der Waals surface area contributed by atoms with E-state index < -0.39 is 16.0 Å². The Labute approximate surface area is 130 Å². The summed E-state index contributed by atoms with van der Waals surface area (Å²) in [6.07, 6.45) is 0. The number of nitrogens with zero attached hydrogens (tertiary/aromatic N) is 1. The highest BCUT2D eigenvalue weighted by molar-refractivity contribution is 9.10. The van der Waals surface area contributed by atoms with E-state index in [1.807, 2.05) is 6.92 Å². The van der Waals surface area contributed by atoms with Gasteiger partial charge in [0.1, 0.15) is 0 Å². The molecule has 8 heteroatoms. The zero-order valence-corrected chi connectivity index (χ0v) is 14.0. The quantitative estimate of drug-likeness (QED) is 0.871. The van der Waals surface area contributed by atoms with Crippen molar-refractivity contribution in [1.29, 1.82) is 0 Å². The number of rotatable bonds is 3. The van der Waals surface area contributed by atoms with Crippen molar-refractivity contribution >= 4 is 43.7 Å². The van der Waals surface area contributed by atoms with Crippen molar-refractivity contribution in [3.05, 3.63) is 28.2 Å². The highest BCUT2D eigenvalue weighted by atomic mass is 79.9. The van der Waals surface area contributed by atoms with E-state index in [2.05, 4.69) is 15.9 Å². The molecule has 2 rings (SSSR count). The van der Waals surface area contributed by atoms with Crippen LogP contribution in [0.4, 0.5) is 0 Å². The molecule has 20 heavy (non-hydrogen) atoms. The molecule has 1 saturated heterocycles. The summed E-state index contributed by atoms with van der Waals surface area (Å²) in [4.78, 5) is 11.1. The van der Waals surface area contributed by atoms with E-state index in [0.717, 1.165) is 11.5 Å². The third-order valence-electron chi connectivity index (χ3n) is 3.08. The standard InChI is InChI=1S/C12H14BrNO4S2/c1-8-7-19-5-4-14(8)20(17,18)9-2-3-11(13)10(6-9)12(15)16/h2-3,6,8H,4-5,7H2,1H3,(H,15,16). The number of thioether (sulfide) groups is 1. The van der Waals surface area contributed by atoms with Crippen LogP contribution in [0.25, 0.3) is 0 Å². The fourth-order valence-corrected chi connectivity index (χ4v) is 5.33. The largest absolute Gasteiger partial charge is 0.478 e. The van der Waals surface area contributed by atoms with E-state index >= 15 is 0 Å². The van der Waals surface area contributed by atoms with Gasteiger partial charge in [-0.25, -0.2) is 13.2 Å². The van der Waals surface area contributed by atoms with Crippen molar-refractivity contribution in [2.24, 2.45) is 0 Å². The van der Waals surface area contributed by atoms with E-state index in [0.29, 0.717) is 11.0 Å². The molecule has 1 N–H and O–H groups in total. The Morgan fingerprint density at radius 1 is 1.50 bits per heavy atom. The molecule has 0 amide bonds. The van der Waals surface area contributed by atoms with Crippen LogP contribution in [-0.4, -0.2) is 47.9 Å². The fourth-order valence-electron chi connectivity index (χ4n) is 2.03. The van der Waals surface area contributed by atoms with Crippen molar-refractivity contribution in [2.45, 2.75) is 17.9 Å². The van der Waals surface area contributed by atoms with Gasteiger partial charge >= 0.3 is 5.97 Å². The third-order valence-corrected chi connectivity index (χ3v) is 6.97. The van der Waals surface area contributed by atoms with E-state index in [9.17, 15) is 13.2 Å². The van der Waals surface area contributed by atoms with Gasteiger partial charge in [0.25, 0.3) is 0 Å². The molecule has 1 aromatic rings. The summed E-state index contributed by atoms with van der Waals surface area (Å²) in [6.45, 7) is 2.31. The van der Waals surface area contributed by atoms with Gasteiger partial charge in [-0.2, -0.15) is 16.1 Å². The lowest BCUT2D eigenvalue weighted by Crippen LogP contribution is -2.44. The zero-order valence-electron chi connectivity index (χ0n) is 10.7. The Morgan fingerprint density at radius 2 is 2.20 bits per heavy atom. The average molecular weight is 380 g/mol. The molecule has 0 bridgehead atoms. The molecule has 0 radical (unpaired) electrons. The summed E-state index contributed by atoms with van der Waals surface area (Å²) >= 11 is 4.83. The Morgan fingerprint density at radius 3 is 2.80 bits per heavy atom. The second-order valence-corrected chi connectivity index (χ2v) is 8.38. The lowest BCUT2D eigenvalue weighted by molar-refractivity contribution is 0.0695. The maximum atomic E-state index is 12.6. The molecule has 0 aliphatic carbocycles. The number of hydrogen-bond acceptors (Lipinski definition) is 4. The Bertz CT molecular complexity index is 632. The van der Waals surface area contributed by atoms with Crippen LogP contribution in [0.2, 0.25) is 0 Å². The molecule has 110 valence electrons. The molecular formula is C12H14BrNO4S2. The summed E-state index contributed by atoms with van der Waals surface area (Å²) in [5, 5.41) is 9.08. The van der Waals surface area contributed by atoms with Gasteiger partial charge in [-0.1, -0.05) is 0 Å². The van der Waals surface area contributed by atoms with Crippen molar-refractivity contribution < 1.29 is 18.3 Å². The van der Waals surface area contributed by atoms with E-state index in [1.165, 1.54) is 22.5 Å². The Balaban J connectivity index is 2.44. The van der Waals surface area contributed by atoms with Crippen LogP contribution >= 0.6 is 27.7 Å². The van der Waals surface area contributed by atoms with E-state index in [4.69, 9.17) is 5.11 Å². The second kappa shape index (κ2) is 6.05. The van der Waals surface area contributed by atoms with Crippen molar-refractivity contribution in [2.75, 3.05) is 18.1 Å². The van der Waals surface area contributed by atoms with Crippen LogP contribution in [-0.2, 0) is 10.0 Å². The van der Waals surface area contributed by atoms with Gasteiger partial charge in [-0.15, -0.1) is 0 Å². The highest BCUT2D eigenvalue weighted by Crippen LogP contribution is 2.27. The first kappa shape index (κ1) is 15.8. The maximum absolute atomic E-state index is 12.6. The van der Waals surface area contributed by atoms with Gasteiger partial charge in [0.2, 0.25) is 10.0 Å². The van der Waals surface area contributed by atoms with Crippen molar-refractivity contribution in [3.8, 4) is 0 Å². The first-order valence-electron chi connectivity index (χ1n) is 5.96. The van der Waals surface area contributed by atoms with Gasteiger partial charge in [-0.3, -0.25) is 0 Å². The molecule has 0 aromatic heterocycles. The number of aromatic carboxylic acids is 1. The molecule has 5 nitrogen and oxygen atoms in total. The monoisotopic (exact) mass is 379 g/mol. The van der Waals surface area contributed by atoms with Gasteiger partial charge in [0, 0.05) is 28.6 Å². The normalized spacial score (nSPS) is 20.8. The molecule has 1 fully saturated rings. The predicted octanol–water partition coefficient (Wildman–Crippen LogP) is 2.27. The summed E-state index contributed by atoms with van der Waals surface area (Å²) in [7, 11) is -3.65. The molecular weight excluding hydrogens is 366 g/mol. The minimum Gasteiger partial charge on any atom is -0.478 e. The van der Waals surface area contributed by atoms with Gasteiger partial charge in [0.15, 0.2) is 0 Å². The molecule has 1 aliphatic rings. The zero-order chi connectivity index (χ0) is 14.9. The van der Waals surface area contributed by atoms with Crippen molar-refractivity contribution in [1.82, 2.24) is 4.31 Å². The molecule has 1 heterocycles. The predicted molar refractivity (Wildman–Crippen MR) is 81.8 cm³/mol. The van der Waals surface area contributed by atoms with Crippen LogP contribution in [0.1, 0.15) is 17.3 Å². The fraction of sp³-hybridized carbons (Fsp3) is 0.417. The SMILES string of the molecule is CC1CSCCN1S(=O)(=O)c1ccc(Br)c(C(=O)O)c1. The Kier molecular flexibility index (Phi) is 4.78. The van der Waals surface area contributed by atoms with E-state index in [1.54, 1.807) is 11.8 Å². The number of carboxylic acids is 1. The summed E-state index contributed by atoms with van der Waals surface area (Å²) in [6, 6.07) is 4.01. The number of halogens is 1. The second-order valence-electron chi connectivity index (χ2n) is 4.49. The number of hydrogen-bond donors (Lipinski definition) is 1. The van der Waals surface area contributed by atoms with Crippen LogP contribution in [0.15, 0.2) is 27.6 Å². The van der Waals surface area contributed by atoms with Crippen LogP contribution < -0.4 is 0 Å². The smallest absolute Gasteiger partial charge is 0.336 e. The first-order valence-corrected chi connectivity index (χ1v) is 9.35. The minimum atomic E-state index is -3.65. The summed E-state index contributed by atoms with van der Waals surface area (Å²) in [5.41, 5.74) is -0.0508. The van der Waals surface area contributed by atoms with Crippen molar-refractivity contribution in [3.63, 3.8) is 0 Å². The molecule has 1 atom stereocenters. The Hall–Kier alpha value is -0.570. The van der Waals surface area contributed by atoms with Crippen LogP contribution in [0.5, 0.6) is 0 Å².